The highest BCUT2D eigenvalue weighted by atomic mass is 16.5. The van der Waals surface area contributed by atoms with Crippen LogP contribution in [0.4, 0.5) is 0 Å². The van der Waals surface area contributed by atoms with Crippen molar-refractivity contribution in [2.75, 3.05) is 13.2 Å². The number of nitrogens with one attached hydrogen (secondary N) is 1. The highest BCUT2D eigenvalue weighted by Crippen LogP contribution is 2.20. The molecule has 0 radical (unpaired) electrons. The number of carboxylic acids is 1. The van der Waals surface area contributed by atoms with E-state index in [0.29, 0.717) is 0 Å². The number of hydrogen-bond donors (Lipinski definition) is 5. The van der Waals surface area contributed by atoms with Gasteiger partial charge in [-0.2, -0.15) is 0 Å². The fourth-order valence-electron chi connectivity index (χ4n) is 1.53. The lowest BCUT2D eigenvalue weighted by molar-refractivity contribution is -0.173. The van der Waals surface area contributed by atoms with Crippen molar-refractivity contribution >= 4 is 11.9 Å². The molecule has 0 aliphatic rings. The van der Waals surface area contributed by atoms with Gasteiger partial charge in [-0.1, -0.05) is 0 Å². The zero-order chi connectivity index (χ0) is 15.9. The van der Waals surface area contributed by atoms with E-state index in [-0.39, 0.29) is 18.9 Å². The van der Waals surface area contributed by atoms with E-state index in [2.05, 4.69) is 5.32 Å². The van der Waals surface area contributed by atoms with Gasteiger partial charge in [-0.3, -0.25) is 4.79 Å². The molecular formula is C12H23NO7. The topological polar surface area (TPSA) is 136 Å². The molecule has 0 spiro atoms. The van der Waals surface area contributed by atoms with Crippen molar-refractivity contribution in [2.45, 2.75) is 51.0 Å². The molecule has 0 bridgehead atoms. The number of carboxylic acid groups (broad SMARTS) is 1. The van der Waals surface area contributed by atoms with E-state index >= 15 is 0 Å². The summed E-state index contributed by atoms with van der Waals surface area (Å²) in [5, 5.41) is 39.4. The maximum absolute atomic E-state index is 11.2. The second-order valence-electron chi connectivity index (χ2n) is 4.94. The Hall–Kier alpha value is -1.22. The average Bonchev–Trinajstić information content (AvgIpc) is 2.34. The monoisotopic (exact) mass is 293 g/mol. The van der Waals surface area contributed by atoms with Gasteiger partial charge < -0.3 is 30.5 Å². The minimum atomic E-state index is -1.73. The van der Waals surface area contributed by atoms with Crippen LogP contribution >= 0.6 is 0 Å². The number of aliphatic hydroxyl groups is 3. The Kier molecular flexibility index (Phi) is 7.66. The Balaban J connectivity index is 4.66. The van der Waals surface area contributed by atoms with Crippen LogP contribution in [0.15, 0.2) is 0 Å². The van der Waals surface area contributed by atoms with Gasteiger partial charge in [-0.25, -0.2) is 4.79 Å². The number of carbonyl (C=O) groups is 2. The molecule has 0 saturated heterocycles. The maximum Gasteiger partial charge on any atom is 0.335 e. The van der Waals surface area contributed by atoms with E-state index in [9.17, 15) is 19.8 Å². The van der Waals surface area contributed by atoms with E-state index in [0.717, 1.165) is 0 Å². The molecule has 5 N–H and O–H groups in total. The van der Waals surface area contributed by atoms with Crippen LogP contribution < -0.4 is 5.32 Å². The lowest BCUT2D eigenvalue weighted by atomic mass is 9.94. The van der Waals surface area contributed by atoms with Crippen molar-refractivity contribution in [3.05, 3.63) is 0 Å². The van der Waals surface area contributed by atoms with Gasteiger partial charge in [0.1, 0.15) is 6.10 Å². The number of amides is 1. The van der Waals surface area contributed by atoms with Crippen LogP contribution in [0.2, 0.25) is 0 Å². The summed E-state index contributed by atoms with van der Waals surface area (Å²) in [4.78, 5) is 22.1. The highest BCUT2D eigenvalue weighted by Gasteiger charge is 2.38. The minimum absolute atomic E-state index is 0.276. The smallest absolute Gasteiger partial charge is 0.335 e. The van der Waals surface area contributed by atoms with Crippen molar-refractivity contribution in [3.8, 4) is 0 Å². The molecule has 4 atom stereocenters. The predicted octanol–water partition coefficient (Wildman–Crippen LogP) is -1.52. The third-order valence-corrected chi connectivity index (χ3v) is 2.86. The van der Waals surface area contributed by atoms with Crippen LogP contribution in [0.3, 0.4) is 0 Å². The molecule has 0 rings (SSSR count). The summed E-state index contributed by atoms with van der Waals surface area (Å²) >= 11 is 0. The zero-order valence-electron chi connectivity index (χ0n) is 11.9. The largest absolute Gasteiger partial charge is 0.479 e. The molecule has 0 aromatic carbocycles. The summed E-state index contributed by atoms with van der Waals surface area (Å²) in [5.41, 5.74) is -1.73. The number of aliphatic hydroxyl groups excluding tert-OH is 3. The quantitative estimate of drug-likeness (QED) is 0.348. The Morgan fingerprint density at radius 3 is 2.30 bits per heavy atom. The summed E-state index contributed by atoms with van der Waals surface area (Å²) in [6, 6.07) is -0.641. The van der Waals surface area contributed by atoms with Gasteiger partial charge in [-0.05, 0) is 13.8 Å². The molecular weight excluding hydrogens is 270 g/mol. The van der Waals surface area contributed by atoms with E-state index in [4.69, 9.17) is 14.9 Å². The summed E-state index contributed by atoms with van der Waals surface area (Å²) in [7, 11) is 0. The van der Waals surface area contributed by atoms with Gasteiger partial charge in [0.15, 0.2) is 5.60 Å². The second kappa shape index (κ2) is 8.15. The summed E-state index contributed by atoms with van der Waals surface area (Å²) in [6.45, 7) is 3.15. The SMILES string of the molecule is CC(=O)N[C@@H](C)C(O)CC(C)(OC[C@H](O)CO)C(=O)O. The average molecular weight is 293 g/mol. The predicted molar refractivity (Wildman–Crippen MR) is 69.0 cm³/mol. The van der Waals surface area contributed by atoms with Crippen molar-refractivity contribution in [1.29, 1.82) is 0 Å². The summed E-state index contributed by atoms with van der Waals surface area (Å²) in [6.07, 6.45) is -2.60. The fraction of sp³-hybridized carbons (Fsp3) is 0.833. The molecule has 0 aliphatic carbocycles. The lowest BCUT2D eigenvalue weighted by Gasteiger charge is -2.30. The molecule has 8 nitrogen and oxygen atoms in total. The van der Waals surface area contributed by atoms with E-state index in [1.807, 2.05) is 0 Å². The Morgan fingerprint density at radius 2 is 1.90 bits per heavy atom. The first-order valence-electron chi connectivity index (χ1n) is 6.23. The number of carbonyl (C=O) groups excluding carboxylic acids is 1. The summed E-state index contributed by atoms with van der Waals surface area (Å²) < 4.78 is 5.09. The van der Waals surface area contributed by atoms with Gasteiger partial charge in [-0.15, -0.1) is 0 Å². The molecule has 0 saturated carbocycles. The van der Waals surface area contributed by atoms with Gasteiger partial charge in [0.05, 0.1) is 25.4 Å². The molecule has 8 heteroatoms. The lowest BCUT2D eigenvalue weighted by Crippen LogP contribution is -2.49. The molecule has 0 aromatic rings. The Labute approximate surface area is 117 Å². The molecule has 0 aromatic heterocycles. The number of ether oxygens (including phenoxy) is 1. The van der Waals surface area contributed by atoms with Gasteiger partial charge in [0.25, 0.3) is 0 Å². The van der Waals surface area contributed by atoms with Crippen LogP contribution in [0.5, 0.6) is 0 Å². The Morgan fingerprint density at radius 1 is 1.35 bits per heavy atom. The van der Waals surface area contributed by atoms with E-state index in [1.54, 1.807) is 0 Å². The third-order valence-electron chi connectivity index (χ3n) is 2.86. The first-order valence-corrected chi connectivity index (χ1v) is 6.23. The van der Waals surface area contributed by atoms with Crippen molar-refractivity contribution in [1.82, 2.24) is 5.32 Å². The zero-order valence-corrected chi connectivity index (χ0v) is 11.9. The first-order chi connectivity index (χ1) is 9.12. The van der Waals surface area contributed by atoms with Crippen molar-refractivity contribution < 1.29 is 34.8 Å². The van der Waals surface area contributed by atoms with Gasteiger partial charge in [0, 0.05) is 13.3 Å². The van der Waals surface area contributed by atoms with Gasteiger partial charge in [0.2, 0.25) is 5.91 Å². The van der Waals surface area contributed by atoms with Gasteiger partial charge >= 0.3 is 5.97 Å². The summed E-state index contributed by atoms with van der Waals surface area (Å²) in [5.74, 6) is -1.65. The van der Waals surface area contributed by atoms with Crippen LogP contribution in [0.1, 0.15) is 27.2 Å². The molecule has 0 fully saturated rings. The molecule has 20 heavy (non-hydrogen) atoms. The number of hydrogen-bond acceptors (Lipinski definition) is 6. The van der Waals surface area contributed by atoms with E-state index < -0.39 is 36.4 Å². The van der Waals surface area contributed by atoms with Crippen LogP contribution in [-0.2, 0) is 14.3 Å². The number of rotatable bonds is 9. The minimum Gasteiger partial charge on any atom is -0.479 e. The van der Waals surface area contributed by atoms with Crippen molar-refractivity contribution in [3.63, 3.8) is 0 Å². The Bertz CT molecular complexity index is 336. The van der Waals surface area contributed by atoms with Crippen LogP contribution in [0, 0.1) is 0 Å². The first kappa shape index (κ1) is 18.8. The normalized spacial score (nSPS) is 18.7. The van der Waals surface area contributed by atoms with Crippen LogP contribution in [0.25, 0.3) is 0 Å². The third kappa shape index (κ3) is 6.29. The molecule has 0 heterocycles. The maximum atomic E-state index is 11.2. The van der Waals surface area contributed by atoms with Crippen molar-refractivity contribution in [2.24, 2.45) is 0 Å². The number of aliphatic carboxylic acids is 1. The molecule has 1 amide bonds. The molecule has 2 unspecified atom stereocenters. The second-order valence-corrected chi connectivity index (χ2v) is 4.94. The van der Waals surface area contributed by atoms with Crippen LogP contribution in [-0.4, -0.2) is 69.4 Å². The fourth-order valence-corrected chi connectivity index (χ4v) is 1.53. The standard InChI is InChI=1S/C12H23NO7/c1-7(13-8(2)15)10(17)4-12(3,11(18)19)20-6-9(16)5-14/h7,9-10,14,16-17H,4-6H2,1-3H3,(H,13,15)(H,18,19)/t7-,9+,10?,12?/m0/s1. The molecule has 118 valence electrons. The van der Waals surface area contributed by atoms with E-state index in [1.165, 1.54) is 20.8 Å². The molecule has 0 aliphatic heterocycles. The highest BCUT2D eigenvalue weighted by molar-refractivity contribution is 5.77.